The average Bonchev–Trinajstić information content (AvgIpc) is 2.78. The lowest BCUT2D eigenvalue weighted by Crippen LogP contribution is -2.32. The van der Waals surface area contributed by atoms with E-state index in [-0.39, 0.29) is 0 Å². The summed E-state index contributed by atoms with van der Waals surface area (Å²) < 4.78 is 1.08. The van der Waals surface area contributed by atoms with Gasteiger partial charge in [-0.15, -0.1) is 0 Å². The number of benzene rings is 1. The van der Waals surface area contributed by atoms with Gasteiger partial charge in [0.25, 0.3) is 0 Å². The number of hydrogen-bond acceptors (Lipinski definition) is 2. The largest absolute Gasteiger partial charge is 0.322 e. The van der Waals surface area contributed by atoms with Gasteiger partial charge >= 0.3 is 0 Å². The van der Waals surface area contributed by atoms with E-state index in [9.17, 15) is 0 Å². The van der Waals surface area contributed by atoms with E-state index < -0.39 is 0 Å². The Bertz CT molecular complexity index is 719. The van der Waals surface area contributed by atoms with Crippen LogP contribution >= 0.6 is 15.9 Å². The molecule has 116 valence electrons. The first-order valence-corrected chi connectivity index (χ1v) is 8.57. The topological polar surface area (TPSA) is 15.6 Å². The number of anilines is 1. The van der Waals surface area contributed by atoms with Gasteiger partial charge in [-0.3, -0.25) is 4.99 Å². The molecular formula is C20H19BrN2. The summed E-state index contributed by atoms with van der Waals surface area (Å²) in [4.78, 5) is 7.09. The molecule has 1 heterocycles. The van der Waals surface area contributed by atoms with E-state index in [4.69, 9.17) is 4.99 Å². The molecule has 23 heavy (non-hydrogen) atoms. The van der Waals surface area contributed by atoms with E-state index in [1.54, 1.807) is 0 Å². The molecule has 0 bridgehead atoms. The molecule has 0 aromatic heterocycles. The van der Waals surface area contributed by atoms with E-state index in [2.05, 4.69) is 99.8 Å². The summed E-state index contributed by atoms with van der Waals surface area (Å²) in [7, 11) is 0. The molecule has 1 aromatic rings. The van der Waals surface area contributed by atoms with Crippen LogP contribution < -0.4 is 4.90 Å². The third-order valence-corrected chi connectivity index (χ3v) is 4.18. The van der Waals surface area contributed by atoms with Crippen LogP contribution in [0, 0.1) is 0 Å². The van der Waals surface area contributed by atoms with Crippen molar-refractivity contribution in [2.24, 2.45) is 4.99 Å². The second-order valence-electron chi connectivity index (χ2n) is 5.30. The number of nitrogens with zero attached hydrogens (tertiary/aromatic N) is 2. The van der Waals surface area contributed by atoms with Gasteiger partial charge in [-0.2, -0.15) is 0 Å². The van der Waals surface area contributed by atoms with E-state index >= 15 is 0 Å². The molecule has 0 saturated heterocycles. The molecule has 3 rings (SSSR count). The molecule has 2 nitrogen and oxygen atoms in total. The standard InChI is InChI=1S/C20H19BrN2/c21-18-11-13-19(14-12-18)23-16-8-4-3-7-15-22-20(23)17-9-5-1-2-6-10-17/h1,3-14H,2,15-16H2/b7-3-,8-4-,22-20?. The lowest BCUT2D eigenvalue weighted by atomic mass is 10.1. The minimum atomic E-state index is 0.682. The summed E-state index contributed by atoms with van der Waals surface area (Å²) in [6.07, 6.45) is 20.1. The summed E-state index contributed by atoms with van der Waals surface area (Å²) in [6.45, 7) is 1.47. The lowest BCUT2D eigenvalue weighted by Gasteiger charge is -2.26. The molecule has 0 N–H and O–H groups in total. The molecule has 0 fully saturated rings. The molecule has 1 aliphatic heterocycles. The first kappa shape index (κ1) is 15.8. The van der Waals surface area contributed by atoms with Crippen LogP contribution in [0.1, 0.15) is 6.42 Å². The summed E-state index contributed by atoms with van der Waals surface area (Å²) in [5.41, 5.74) is 2.28. The van der Waals surface area contributed by atoms with Crippen molar-refractivity contribution in [3.63, 3.8) is 0 Å². The van der Waals surface area contributed by atoms with Crippen molar-refractivity contribution in [3.8, 4) is 0 Å². The number of halogens is 1. The minimum Gasteiger partial charge on any atom is -0.322 e. The van der Waals surface area contributed by atoms with Gasteiger partial charge in [0.1, 0.15) is 5.84 Å². The van der Waals surface area contributed by atoms with Gasteiger partial charge in [0.2, 0.25) is 0 Å². The maximum absolute atomic E-state index is 4.84. The van der Waals surface area contributed by atoms with Crippen LogP contribution in [-0.2, 0) is 0 Å². The fourth-order valence-electron chi connectivity index (χ4n) is 2.52. The average molecular weight is 367 g/mol. The van der Waals surface area contributed by atoms with Gasteiger partial charge < -0.3 is 4.90 Å². The van der Waals surface area contributed by atoms with Gasteiger partial charge in [0.15, 0.2) is 0 Å². The molecule has 1 aromatic carbocycles. The number of hydrogen-bond donors (Lipinski definition) is 0. The smallest absolute Gasteiger partial charge is 0.135 e. The monoisotopic (exact) mass is 366 g/mol. The quantitative estimate of drug-likeness (QED) is 0.700. The number of aliphatic imine (C=N–C) groups is 1. The van der Waals surface area contributed by atoms with Gasteiger partial charge in [-0.05, 0) is 30.7 Å². The second-order valence-corrected chi connectivity index (χ2v) is 6.21. The Hall–Kier alpha value is -2.13. The third kappa shape index (κ3) is 4.20. The third-order valence-electron chi connectivity index (χ3n) is 3.65. The normalized spacial score (nSPS) is 20.7. The minimum absolute atomic E-state index is 0.682. The van der Waals surface area contributed by atoms with Crippen molar-refractivity contribution in [3.05, 3.63) is 89.0 Å². The van der Waals surface area contributed by atoms with E-state index in [1.807, 2.05) is 0 Å². The van der Waals surface area contributed by atoms with Crippen LogP contribution in [0.5, 0.6) is 0 Å². The Balaban J connectivity index is 2.03. The predicted octanol–water partition coefficient (Wildman–Crippen LogP) is 5.22. The zero-order chi connectivity index (χ0) is 15.9. The first-order valence-electron chi connectivity index (χ1n) is 7.77. The Labute approximate surface area is 146 Å². The van der Waals surface area contributed by atoms with Crippen molar-refractivity contribution in [1.82, 2.24) is 0 Å². The predicted molar refractivity (Wildman–Crippen MR) is 103 cm³/mol. The van der Waals surface area contributed by atoms with Crippen LogP contribution in [0.4, 0.5) is 5.69 Å². The lowest BCUT2D eigenvalue weighted by molar-refractivity contribution is 1.11. The zero-order valence-electron chi connectivity index (χ0n) is 12.9. The summed E-state index contributed by atoms with van der Waals surface area (Å²) >= 11 is 3.51. The van der Waals surface area contributed by atoms with E-state index in [0.29, 0.717) is 6.54 Å². The highest BCUT2D eigenvalue weighted by Crippen LogP contribution is 2.22. The van der Waals surface area contributed by atoms with Gasteiger partial charge in [0.05, 0.1) is 6.54 Å². The van der Waals surface area contributed by atoms with Crippen molar-refractivity contribution >= 4 is 27.5 Å². The number of allylic oxidation sites excluding steroid dienone is 6. The van der Waals surface area contributed by atoms with Crippen LogP contribution in [-0.4, -0.2) is 18.9 Å². The van der Waals surface area contributed by atoms with Crippen LogP contribution in [0.25, 0.3) is 0 Å². The maximum Gasteiger partial charge on any atom is 0.135 e. The highest BCUT2D eigenvalue weighted by Gasteiger charge is 2.16. The fourth-order valence-corrected chi connectivity index (χ4v) is 2.78. The van der Waals surface area contributed by atoms with Crippen molar-refractivity contribution in [1.29, 1.82) is 0 Å². The summed E-state index contributed by atoms with van der Waals surface area (Å²) in [6, 6.07) is 8.38. The Morgan fingerprint density at radius 1 is 0.913 bits per heavy atom. The molecule has 2 aliphatic rings. The number of amidine groups is 1. The summed E-state index contributed by atoms with van der Waals surface area (Å²) in [5, 5.41) is 0. The van der Waals surface area contributed by atoms with Crippen LogP contribution in [0.2, 0.25) is 0 Å². The zero-order valence-corrected chi connectivity index (χ0v) is 14.5. The molecule has 0 saturated carbocycles. The SMILES string of the molecule is Brc1ccc(N2C/C=C\C=C/CN=C2C2=CC=CCC=C2)cc1. The van der Waals surface area contributed by atoms with Gasteiger partial charge in [0, 0.05) is 22.3 Å². The van der Waals surface area contributed by atoms with Crippen molar-refractivity contribution in [2.75, 3.05) is 18.0 Å². The maximum atomic E-state index is 4.84. The highest BCUT2D eigenvalue weighted by atomic mass is 79.9. The molecule has 0 spiro atoms. The van der Waals surface area contributed by atoms with Crippen molar-refractivity contribution in [2.45, 2.75) is 6.42 Å². The Morgan fingerprint density at radius 2 is 1.74 bits per heavy atom. The van der Waals surface area contributed by atoms with Crippen LogP contribution in [0.3, 0.4) is 0 Å². The number of rotatable bonds is 2. The fraction of sp³-hybridized carbons (Fsp3) is 0.150. The molecule has 0 unspecified atom stereocenters. The Morgan fingerprint density at radius 3 is 2.61 bits per heavy atom. The van der Waals surface area contributed by atoms with E-state index in [1.165, 1.54) is 0 Å². The molecule has 0 amide bonds. The first-order chi connectivity index (χ1) is 11.3. The summed E-state index contributed by atoms with van der Waals surface area (Å²) in [5.74, 6) is 1.01. The van der Waals surface area contributed by atoms with Gasteiger partial charge in [-0.1, -0.05) is 70.6 Å². The molecule has 3 heteroatoms. The van der Waals surface area contributed by atoms with E-state index in [0.717, 1.165) is 34.5 Å². The molecule has 0 atom stereocenters. The second kappa shape index (κ2) is 7.93. The molecule has 1 aliphatic carbocycles. The highest BCUT2D eigenvalue weighted by molar-refractivity contribution is 9.10. The van der Waals surface area contributed by atoms with Crippen LogP contribution in [0.15, 0.2) is 94.0 Å². The van der Waals surface area contributed by atoms with Gasteiger partial charge in [-0.25, -0.2) is 0 Å². The molecule has 0 radical (unpaired) electrons. The Kier molecular flexibility index (Phi) is 5.43. The van der Waals surface area contributed by atoms with Crippen molar-refractivity contribution < 1.29 is 0 Å². The molecular weight excluding hydrogens is 348 g/mol.